The van der Waals surface area contributed by atoms with Gasteiger partial charge in [0.15, 0.2) is 6.61 Å². The van der Waals surface area contributed by atoms with Crippen LogP contribution in [0, 0.1) is 18.3 Å². The molecule has 0 aliphatic heterocycles. The Bertz CT molecular complexity index is 469. The van der Waals surface area contributed by atoms with Crippen LogP contribution < -0.4 is 4.74 Å². The Labute approximate surface area is 115 Å². The summed E-state index contributed by atoms with van der Waals surface area (Å²) in [6, 6.07) is 7.62. The lowest BCUT2D eigenvalue weighted by molar-refractivity contribution is -0.131. The van der Waals surface area contributed by atoms with E-state index in [4.69, 9.17) is 10.00 Å². The molecule has 0 aliphatic carbocycles. The van der Waals surface area contributed by atoms with Gasteiger partial charge in [-0.2, -0.15) is 5.26 Å². The summed E-state index contributed by atoms with van der Waals surface area (Å²) in [4.78, 5) is 13.2. The number of halogens is 1. The lowest BCUT2D eigenvalue weighted by atomic mass is 10.2. The third kappa shape index (κ3) is 4.38. The molecule has 0 aliphatic rings. The van der Waals surface area contributed by atoms with E-state index < -0.39 is 0 Å². The second-order valence-corrected chi connectivity index (χ2v) is 4.84. The Morgan fingerprint density at radius 2 is 2.28 bits per heavy atom. The maximum absolute atomic E-state index is 11.7. The zero-order valence-corrected chi connectivity index (χ0v) is 12.0. The molecule has 4 nitrogen and oxygen atoms in total. The molecule has 0 fully saturated rings. The molecule has 0 bridgehead atoms. The quantitative estimate of drug-likeness (QED) is 0.839. The number of rotatable bonds is 5. The van der Waals surface area contributed by atoms with Crippen molar-refractivity contribution in [3.8, 4) is 11.8 Å². The Kier molecular flexibility index (Phi) is 5.66. The number of carbonyl (C=O) groups is 1. The fourth-order valence-electron chi connectivity index (χ4n) is 1.37. The molecule has 5 heteroatoms. The Morgan fingerprint density at radius 3 is 2.89 bits per heavy atom. The van der Waals surface area contributed by atoms with Gasteiger partial charge in [0.1, 0.15) is 5.75 Å². The van der Waals surface area contributed by atoms with Crippen molar-refractivity contribution in [3.63, 3.8) is 0 Å². The van der Waals surface area contributed by atoms with Crippen LogP contribution >= 0.6 is 15.9 Å². The largest absolute Gasteiger partial charge is 0.483 e. The van der Waals surface area contributed by atoms with Crippen molar-refractivity contribution >= 4 is 21.8 Å². The van der Waals surface area contributed by atoms with Gasteiger partial charge in [-0.05, 0) is 30.7 Å². The van der Waals surface area contributed by atoms with Crippen molar-refractivity contribution in [1.29, 1.82) is 5.26 Å². The minimum Gasteiger partial charge on any atom is -0.483 e. The molecule has 1 aromatic rings. The first-order chi connectivity index (χ1) is 8.54. The Hall–Kier alpha value is -1.54. The molecule has 0 N–H and O–H groups in total. The van der Waals surface area contributed by atoms with E-state index in [1.54, 1.807) is 7.05 Å². The first-order valence-corrected chi connectivity index (χ1v) is 6.33. The van der Waals surface area contributed by atoms with Crippen LogP contribution in [0.1, 0.15) is 12.0 Å². The predicted molar refractivity (Wildman–Crippen MR) is 72.2 cm³/mol. The van der Waals surface area contributed by atoms with Crippen molar-refractivity contribution in [1.82, 2.24) is 4.90 Å². The minimum atomic E-state index is -0.132. The van der Waals surface area contributed by atoms with Gasteiger partial charge in [-0.15, -0.1) is 0 Å². The van der Waals surface area contributed by atoms with Gasteiger partial charge in [-0.25, -0.2) is 0 Å². The molecule has 0 aromatic heterocycles. The molecule has 0 atom stereocenters. The highest BCUT2D eigenvalue weighted by molar-refractivity contribution is 9.10. The van der Waals surface area contributed by atoms with Crippen molar-refractivity contribution in [2.24, 2.45) is 0 Å². The minimum absolute atomic E-state index is 0.00952. The number of hydrogen-bond acceptors (Lipinski definition) is 3. The Morgan fingerprint density at radius 1 is 1.56 bits per heavy atom. The van der Waals surface area contributed by atoms with E-state index in [-0.39, 0.29) is 12.5 Å². The molecule has 0 unspecified atom stereocenters. The molecule has 0 saturated carbocycles. The zero-order valence-electron chi connectivity index (χ0n) is 10.4. The summed E-state index contributed by atoms with van der Waals surface area (Å²) in [5, 5.41) is 8.44. The summed E-state index contributed by atoms with van der Waals surface area (Å²) < 4.78 is 6.44. The highest BCUT2D eigenvalue weighted by atomic mass is 79.9. The number of carbonyl (C=O) groups excluding carboxylic acids is 1. The number of nitriles is 1. The van der Waals surface area contributed by atoms with E-state index in [0.717, 1.165) is 10.0 Å². The lowest BCUT2D eigenvalue weighted by Crippen LogP contribution is -2.32. The van der Waals surface area contributed by atoms with E-state index in [2.05, 4.69) is 15.9 Å². The molecule has 1 amide bonds. The van der Waals surface area contributed by atoms with Gasteiger partial charge < -0.3 is 9.64 Å². The number of aryl methyl sites for hydroxylation is 1. The fourth-order valence-corrected chi connectivity index (χ4v) is 1.84. The van der Waals surface area contributed by atoms with Crippen molar-refractivity contribution < 1.29 is 9.53 Å². The highest BCUT2D eigenvalue weighted by Crippen LogP contribution is 2.22. The van der Waals surface area contributed by atoms with Crippen LogP contribution in [0.15, 0.2) is 22.7 Å². The van der Waals surface area contributed by atoms with Gasteiger partial charge in [0.2, 0.25) is 0 Å². The van der Waals surface area contributed by atoms with Crippen molar-refractivity contribution in [2.45, 2.75) is 13.3 Å². The molecule has 96 valence electrons. The van der Waals surface area contributed by atoms with Gasteiger partial charge in [0.25, 0.3) is 5.91 Å². The smallest absolute Gasteiger partial charge is 0.260 e. The molecule has 18 heavy (non-hydrogen) atoms. The summed E-state index contributed by atoms with van der Waals surface area (Å²) >= 11 is 3.37. The first-order valence-electron chi connectivity index (χ1n) is 5.54. The summed E-state index contributed by atoms with van der Waals surface area (Å²) in [7, 11) is 1.66. The van der Waals surface area contributed by atoms with Crippen LogP contribution in [0.2, 0.25) is 0 Å². The van der Waals surface area contributed by atoms with E-state index in [9.17, 15) is 4.79 Å². The zero-order chi connectivity index (χ0) is 13.5. The molecule has 0 radical (unpaired) electrons. The molecular formula is C13H15BrN2O2. The van der Waals surface area contributed by atoms with Crippen LogP contribution in [-0.4, -0.2) is 31.0 Å². The summed E-state index contributed by atoms with van der Waals surface area (Å²) in [5.74, 6) is 0.563. The second-order valence-electron chi connectivity index (χ2n) is 3.92. The molecule has 0 heterocycles. The molecule has 1 rings (SSSR count). The average molecular weight is 311 g/mol. The molecular weight excluding hydrogens is 296 g/mol. The topological polar surface area (TPSA) is 53.3 Å². The van der Waals surface area contributed by atoms with Crippen molar-refractivity contribution in [3.05, 3.63) is 28.2 Å². The fraction of sp³-hybridized carbons (Fsp3) is 0.385. The number of amides is 1. The van der Waals surface area contributed by atoms with Crippen LogP contribution in [0.25, 0.3) is 0 Å². The molecule has 0 spiro atoms. The maximum Gasteiger partial charge on any atom is 0.260 e. The first kappa shape index (κ1) is 14.5. The van der Waals surface area contributed by atoms with Crippen LogP contribution in [0.4, 0.5) is 0 Å². The normalized spacial score (nSPS) is 9.67. The van der Waals surface area contributed by atoms with E-state index in [1.807, 2.05) is 31.2 Å². The van der Waals surface area contributed by atoms with Crippen molar-refractivity contribution in [2.75, 3.05) is 20.2 Å². The van der Waals surface area contributed by atoms with E-state index in [1.165, 1.54) is 4.90 Å². The highest BCUT2D eigenvalue weighted by Gasteiger charge is 2.10. The summed E-state index contributed by atoms with van der Waals surface area (Å²) in [5.41, 5.74) is 0.969. The third-order valence-electron chi connectivity index (χ3n) is 2.47. The third-order valence-corrected chi connectivity index (χ3v) is 2.97. The van der Waals surface area contributed by atoms with E-state index in [0.29, 0.717) is 18.7 Å². The van der Waals surface area contributed by atoms with E-state index >= 15 is 0 Å². The average Bonchev–Trinajstić information content (AvgIpc) is 2.34. The number of ether oxygens (including phenoxy) is 1. The predicted octanol–water partition coefficient (Wildman–Crippen LogP) is 2.51. The van der Waals surface area contributed by atoms with Gasteiger partial charge in [-0.1, -0.05) is 15.9 Å². The summed E-state index contributed by atoms with van der Waals surface area (Å²) in [6.07, 6.45) is 0.333. The second kappa shape index (κ2) is 7.02. The van der Waals surface area contributed by atoms with Crippen LogP contribution in [0.3, 0.4) is 0 Å². The number of nitrogens with zero attached hydrogens (tertiary/aromatic N) is 2. The molecule has 0 saturated heterocycles. The number of hydrogen-bond donors (Lipinski definition) is 0. The number of benzene rings is 1. The summed E-state index contributed by atoms with van der Waals surface area (Å²) in [6.45, 7) is 2.34. The maximum atomic E-state index is 11.7. The lowest BCUT2D eigenvalue weighted by Gasteiger charge is -2.16. The van der Waals surface area contributed by atoms with Gasteiger partial charge in [0, 0.05) is 18.1 Å². The molecule has 1 aromatic carbocycles. The van der Waals surface area contributed by atoms with Crippen LogP contribution in [0.5, 0.6) is 5.75 Å². The monoisotopic (exact) mass is 310 g/mol. The van der Waals surface area contributed by atoms with Gasteiger partial charge in [0.05, 0.1) is 12.5 Å². The standard InChI is InChI=1S/C13H15BrN2O2/c1-10-8-11(14)4-5-12(10)18-9-13(17)16(2)7-3-6-15/h4-5,8H,3,7,9H2,1-2H3. The number of likely N-dealkylation sites (N-methyl/N-ethyl adjacent to an activating group) is 1. The van der Waals surface area contributed by atoms with Gasteiger partial charge >= 0.3 is 0 Å². The Balaban J connectivity index is 2.50. The van der Waals surface area contributed by atoms with Gasteiger partial charge in [-0.3, -0.25) is 4.79 Å². The van der Waals surface area contributed by atoms with Crippen LogP contribution in [-0.2, 0) is 4.79 Å². The SMILES string of the molecule is Cc1cc(Br)ccc1OCC(=O)N(C)CCC#N.